The maximum absolute atomic E-state index is 12.5. The van der Waals surface area contributed by atoms with Gasteiger partial charge in [-0.3, -0.25) is 4.79 Å². The smallest absolute Gasteiger partial charge is 0.257 e. The van der Waals surface area contributed by atoms with Crippen LogP contribution in [0.15, 0.2) is 36.5 Å². The van der Waals surface area contributed by atoms with Gasteiger partial charge in [-0.15, -0.1) is 0 Å². The highest BCUT2D eigenvalue weighted by atomic mass is 16.5. The summed E-state index contributed by atoms with van der Waals surface area (Å²) in [6.45, 7) is 6.75. The zero-order chi connectivity index (χ0) is 17.1. The number of benzene rings is 1. The highest BCUT2D eigenvalue weighted by molar-refractivity contribution is 5.99. The van der Waals surface area contributed by atoms with Crippen molar-refractivity contribution >= 4 is 11.6 Å². The highest BCUT2D eigenvalue weighted by Gasteiger charge is 2.15. The van der Waals surface area contributed by atoms with Crippen molar-refractivity contribution in [2.75, 3.05) is 6.61 Å². The van der Waals surface area contributed by atoms with E-state index in [4.69, 9.17) is 4.74 Å². The van der Waals surface area contributed by atoms with E-state index in [1.54, 1.807) is 10.7 Å². The molecule has 3 rings (SSSR count). The van der Waals surface area contributed by atoms with Crippen molar-refractivity contribution < 1.29 is 9.53 Å². The van der Waals surface area contributed by atoms with Crippen LogP contribution in [0.2, 0.25) is 0 Å². The molecule has 0 spiro atoms. The maximum atomic E-state index is 12.5. The highest BCUT2D eigenvalue weighted by Crippen LogP contribution is 2.18. The molecule has 0 saturated carbocycles. The minimum atomic E-state index is -0.200. The SMILES string of the molecule is CCOc1ccccc1CNC(=O)c1cnn2c(C)cc(C)nc12. The standard InChI is InChI=1S/C18H20N4O2/c1-4-24-16-8-6-5-7-14(16)10-19-18(23)15-11-20-22-13(3)9-12(2)21-17(15)22/h5-9,11H,4,10H2,1-3H3,(H,19,23). The van der Waals surface area contributed by atoms with Gasteiger partial charge in [-0.25, -0.2) is 9.50 Å². The fraction of sp³-hybridized carbons (Fsp3) is 0.278. The van der Waals surface area contributed by atoms with Crippen molar-refractivity contribution in [1.82, 2.24) is 19.9 Å². The van der Waals surface area contributed by atoms with E-state index < -0.39 is 0 Å². The number of amides is 1. The molecule has 0 atom stereocenters. The van der Waals surface area contributed by atoms with Crippen molar-refractivity contribution in [1.29, 1.82) is 0 Å². The molecular formula is C18H20N4O2. The quantitative estimate of drug-likeness (QED) is 0.783. The van der Waals surface area contributed by atoms with Gasteiger partial charge in [0.15, 0.2) is 5.65 Å². The minimum Gasteiger partial charge on any atom is -0.494 e. The number of aromatic nitrogens is 3. The van der Waals surface area contributed by atoms with Crippen molar-refractivity contribution in [3.05, 3.63) is 59.0 Å². The van der Waals surface area contributed by atoms with Crippen LogP contribution in [0.1, 0.15) is 34.2 Å². The Labute approximate surface area is 140 Å². The Hall–Kier alpha value is -2.89. The van der Waals surface area contributed by atoms with E-state index in [1.165, 1.54) is 0 Å². The Morgan fingerprint density at radius 3 is 2.88 bits per heavy atom. The van der Waals surface area contributed by atoms with Gasteiger partial charge in [-0.2, -0.15) is 5.10 Å². The maximum Gasteiger partial charge on any atom is 0.257 e. The molecule has 1 aromatic carbocycles. The number of hydrogen-bond donors (Lipinski definition) is 1. The summed E-state index contributed by atoms with van der Waals surface area (Å²) in [7, 11) is 0. The number of nitrogens with one attached hydrogen (secondary N) is 1. The number of ether oxygens (including phenoxy) is 1. The van der Waals surface area contributed by atoms with Crippen LogP contribution in [0.4, 0.5) is 0 Å². The number of carbonyl (C=O) groups excluding carboxylic acids is 1. The van der Waals surface area contributed by atoms with E-state index in [-0.39, 0.29) is 5.91 Å². The first-order chi connectivity index (χ1) is 11.6. The summed E-state index contributed by atoms with van der Waals surface area (Å²) in [4.78, 5) is 17.0. The number of hydrogen-bond acceptors (Lipinski definition) is 4. The summed E-state index contributed by atoms with van der Waals surface area (Å²) in [5, 5.41) is 7.17. The van der Waals surface area contributed by atoms with E-state index >= 15 is 0 Å². The molecule has 1 amide bonds. The molecule has 24 heavy (non-hydrogen) atoms. The number of carbonyl (C=O) groups is 1. The van der Waals surface area contributed by atoms with Crippen molar-refractivity contribution in [2.24, 2.45) is 0 Å². The summed E-state index contributed by atoms with van der Waals surface area (Å²) in [6.07, 6.45) is 1.55. The van der Waals surface area contributed by atoms with Crippen LogP contribution in [0.3, 0.4) is 0 Å². The molecule has 6 nitrogen and oxygen atoms in total. The van der Waals surface area contributed by atoms with Crippen LogP contribution in [0, 0.1) is 13.8 Å². The zero-order valence-corrected chi connectivity index (χ0v) is 14.0. The lowest BCUT2D eigenvalue weighted by molar-refractivity contribution is 0.0952. The van der Waals surface area contributed by atoms with Crippen LogP contribution in [0.5, 0.6) is 5.75 Å². The summed E-state index contributed by atoms with van der Waals surface area (Å²) < 4.78 is 7.26. The summed E-state index contributed by atoms with van der Waals surface area (Å²) in [5.74, 6) is 0.582. The molecule has 0 radical (unpaired) electrons. The molecule has 0 aliphatic carbocycles. The van der Waals surface area contributed by atoms with E-state index in [9.17, 15) is 4.79 Å². The van der Waals surface area contributed by atoms with Crippen molar-refractivity contribution in [2.45, 2.75) is 27.3 Å². The molecule has 0 aliphatic rings. The first-order valence-corrected chi connectivity index (χ1v) is 7.91. The molecule has 0 unspecified atom stereocenters. The monoisotopic (exact) mass is 324 g/mol. The molecule has 6 heteroatoms. The van der Waals surface area contributed by atoms with Gasteiger partial charge in [0.2, 0.25) is 0 Å². The Bertz CT molecular complexity index is 886. The van der Waals surface area contributed by atoms with E-state index in [2.05, 4.69) is 15.4 Å². The van der Waals surface area contributed by atoms with Gasteiger partial charge in [0.25, 0.3) is 5.91 Å². The molecule has 1 N–H and O–H groups in total. The Morgan fingerprint density at radius 1 is 1.29 bits per heavy atom. The summed E-state index contributed by atoms with van der Waals surface area (Å²) in [5.41, 5.74) is 3.78. The molecular weight excluding hydrogens is 304 g/mol. The number of nitrogens with zero attached hydrogens (tertiary/aromatic N) is 3. The fourth-order valence-corrected chi connectivity index (χ4v) is 2.65. The Kier molecular flexibility index (Phi) is 4.46. The number of rotatable bonds is 5. The predicted molar refractivity (Wildman–Crippen MR) is 91.2 cm³/mol. The van der Waals surface area contributed by atoms with Crippen LogP contribution >= 0.6 is 0 Å². The summed E-state index contributed by atoms with van der Waals surface area (Å²) >= 11 is 0. The molecule has 3 aromatic rings. The third-order valence-corrected chi connectivity index (χ3v) is 3.73. The predicted octanol–water partition coefficient (Wildman–Crippen LogP) is 2.67. The lowest BCUT2D eigenvalue weighted by Gasteiger charge is -2.10. The average Bonchev–Trinajstić information content (AvgIpc) is 2.98. The molecule has 0 saturated heterocycles. The second-order valence-electron chi connectivity index (χ2n) is 5.56. The molecule has 0 bridgehead atoms. The topological polar surface area (TPSA) is 68.5 Å². The lowest BCUT2D eigenvalue weighted by atomic mass is 10.2. The average molecular weight is 324 g/mol. The van der Waals surface area contributed by atoms with Crippen molar-refractivity contribution in [3.8, 4) is 5.75 Å². The number of fused-ring (bicyclic) bond motifs is 1. The van der Waals surface area contributed by atoms with Crippen LogP contribution < -0.4 is 10.1 Å². The zero-order valence-electron chi connectivity index (χ0n) is 14.0. The van der Waals surface area contributed by atoms with Gasteiger partial charge in [0.1, 0.15) is 11.3 Å². The molecule has 0 aliphatic heterocycles. The van der Waals surface area contributed by atoms with Gasteiger partial charge in [-0.05, 0) is 32.9 Å². The second-order valence-corrected chi connectivity index (χ2v) is 5.56. The van der Waals surface area contributed by atoms with Crippen LogP contribution in [-0.2, 0) is 6.54 Å². The molecule has 124 valence electrons. The molecule has 2 aromatic heterocycles. The van der Waals surface area contributed by atoms with Crippen LogP contribution in [0.25, 0.3) is 5.65 Å². The largest absolute Gasteiger partial charge is 0.494 e. The third-order valence-electron chi connectivity index (χ3n) is 3.73. The third kappa shape index (κ3) is 3.08. The lowest BCUT2D eigenvalue weighted by Crippen LogP contribution is -2.23. The Morgan fingerprint density at radius 2 is 2.08 bits per heavy atom. The van der Waals surface area contributed by atoms with Gasteiger partial charge >= 0.3 is 0 Å². The van der Waals surface area contributed by atoms with E-state index in [0.717, 1.165) is 22.7 Å². The van der Waals surface area contributed by atoms with Gasteiger partial charge in [-0.1, -0.05) is 18.2 Å². The normalized spacial score (nSPS) is 10.8. The van der Waals surface area contributed by atoms with Gasteiger partial charge < -0.3 is 10.1 Å². The van der Waals surface area contributed by atoms with Gasteiger partial charge in [0.05, 0.1) is 12.8 Å². The van der Waals surface area contributed by atoms with E-state index in [0.29, 0.717) is 24.4 Å². The number of para-hydroxylation sites is 1. The molecule has 2 heterocycles. The van der Waals surface area contributed by atoms with Gasteiger partial charge in [0, 0.05) is 23.5 Å². The molecule has 0 fully saturated rings. The summed E-state index contributed by atoms with van der Waals surface area (Å²) in [6, 6.07) is 9.60. The second kappa shape index (κ2) is 6.70. The Balaban J connectivity index is 1.81. The first kappa shape index (κ1) is 16.0. The van der Waals surface area contributed by atoms with Crippen LogP contribution in [-0.4, -0.2) is 27.1 Å². The number of aryl methyl sites for hydroxylation is 2. The van der Waals surface area contributed by atoms with Crippen molar-refractivity contribution in [3.63, 3.8) is 0 Å². The minimum absolute atomic E-state index is 0.200. The fourth-order valence-electron chi connectivity index (χ4n) is 2.65. The van der Waals surface area contributed by atoms with E-state index in [1.807, 2.05) is 51.1 Å². The first-order valence-electron chi connectivity index (χ1n) is 7.91.